The van der Waals surface area contributed by atoms with Gasteiger partial charge in [-0.1, -0.05) is 23.9 Å². The number of aromatic hydroxyl groups is 1. The summed E-state index contributed by atoms with van der Waals surface area (Å²) >= 11 is 3.30. The van der Waals surface area contributed by atoms with E-state index in [0.717, 1.165) is 39.6 Å². The van der Waals surface area contributed by atoms with E-state index in [1.807, 2.05) is 26.0 Å². The summed E-state index contributed by atoms with van der Waals surface area (Å²) in [7, 11) is 0. The first kappa shape index (κ1) is 19.0. The van der Waals surface area contributed by atoms with Crippen LogP contribution in [0, 0.1) is 6.92 Å². The van der Waals surface area contributed by atoms with E-state index in [1.165, 1.54) is 17.0 Å². The highest BCUT2D eigenvalue weighted by Crippen LogP contribution is 2.43. The van der Waals surface area contributed by atoms with Crippen molar-refractivity contribution in [1.29, 1.82) is 0 Å². The summed E-state index contributed by atoms with van der Waals surface area (Å²) in [6, 6.07) is 10.8. The molecule has 2 aromatic rings. The lowest BCUT2D eigenvalue weighted by molar-refractivity contribution is -0.137. The first-order valence-corrected chi connectivity index (χ1v) is 9.83. The molecule has 0 saturated heterocycles. The van der Waals surface area contributed by atoms with Crippen molar-refractivity contribution < 1.29 is 18.3 Å². The van der Waals surface area contributed by atoms with Gasteiger partial charge >= 0.3 is 6.18 Å². The van der Waals surface area contributed by atoms with E-state index in [4.69, 9.17) is 0 Å². The van der Waals surface area contributed by atoms with Crippen molar-refractivity contribution in [3.63, 3.8) is 0 Å². The normalized spacial score (nSPS) is 17.5. The van der Waals surface area contributed by atoms with Gasteiger partial charge in [-0.15, -0.1) is 11.8 Å². The van der Waals surface area contributed by atoms with Crippen LogP contribution in [-0.4, -0.2) is 10.9 Å². The molecule has 2 nitrogen and oxygen atoms in total. The molecule has 1 heterocycles. The van der Waals surface area contributed by atoms with Crippen LogP contribution in [0.4, 0.5) is 13.2 Å². The average Bonchev–Trinajstić information content (AvgIpc) is 2.96. The Bertz CT molecular complexity index is 832. The van der Waals surface area contributed by atoms with Crippen LogP contribution in [-0.2, 0) is 6.18 Å². The predicted molar refractivity (Wildman–Crippen MR) is 101 cm³/mol. The van der Waals surface area contributed by atoms with Crippen LogP contribution in [0.2, 0.25) is 0 Å². The van der Waals surface area contributed by atoms with E-state index in [1.54, 1.807) is 29.6 Å². The van der Waals surface area contributed by atoms with Gasteiger partial charge in [0, 0.05) is 21.3 Å². The number of hydrogen-bond acceptors (Lipinski definition) is 4. The van der Waals surface area contributed by atoms with Crippen molar-refractivity contribution in [3.05, 3.63) is 69.8 Å². The Kier molecular flexibility index (Phi) is 5.48. The molecule has 1 aliphatic heterocycles. The molecule has 0 spiro atoms. The second-order valence-corrected chi connectivity index (χ2v) is 8.30. The fourth-order valence-corrected chi connectivity index (χ4v) is 4.98. The number of alkyl halides is 3. The third-order valence-corrected chi connectivity index (χ3v) is 6.67. The van der Waals surface area contributed by atoms with E-state index in [9.17, 15) is 18.3 Å². The second kappa shape index (κ2) is 7.48. The number of allylic oxidation sites excluding steroid dienone is 1. The molecule has 0 bridgehead atoms. The first-order chi connectivity index (χ1) is 12.2. The van der Waals surface area contributed by atoms with Crippen molar-refractivity contribution in [1.82, 2.24) is 5.32 Å². The first-order valence-electron chi connectivity index (χ1n) is 7.96. The Morgan fingerprint density at radius 2 is 1.81 bits per heavy atom. The topological polar surface area (TPSA) is 32.3 Å². The van der Waals surface area contributed by atoms with Gasteiger partial charge in [0.1, 0.15) is 11.1 Å². The molecule has 0 aromatic heterocycles. The Balaban J connectivity index is 1.63. The van der Waals surface area contributed by atoms with Crippen molar-refractivity contribution in [2.24, 2.45) is 0 Å². The minimum absolute atomic E-state index is 0.0746. The SMILES string of the molecule is CC1=C(CSc2ccc(O)c(C)c2)SC(c2ccc(C(F)(F)F)cc2)N1. The van der Waals surface area contributed by atoms with E-state index < -0.39 is 11.7 Å². The quantitative estimate of drug-likeness (QED) is 0.613. The highest BCUT2D eigenvalue weighted by molar-refractivity contribution is 8.06. The van der Waals surface area contributed by atoms with Crippen LogP contribution in [0.25, 0.3) is 0 Å². The summed E-state index contributed by atoms with van der Waals surface area (Å²) in [5.74, 6) is 1.05. The third-order valence-electron chi connectivity index (χ3n) is 4.10. The zero-order valence-corrected chi connectivity index (χ0v) is 15.9. The van der Waals surface area contributed by atoms with Gasteiger partial charge in [0.05, 0.1) is 5.56 Å². The molecule has 1 aliphatic rings. The van der Waals surface area contributed by atoms with Crippen molar-refractivity contribution in [3.8, 4) is 5.75 Å². The maximum Gasteiger partial charge on any atom is 0.416 e. The molecule has 2 N–H and O–H groups in total. The minimum Gasteiger partial charge on any atom is -0.508 e. The van der Waals surface area contributed by atoms with Gasteiger partial charge < -0.3 is 10.4 Å². The number of phenolic OH excluding ortho intramolecular Hbond substituents is 1. The Labute approximate surface area is 158 Å². The van der Waals surface area contributed by atoms with Crippen molar-refractivity contribution in [2.75, 3.05) is 5.75 Å². The molecule has 0 fully saturated rings. The number of thioether (sulfide) groups is 2. The monoisotopic (exact) mass is 397 g/mol. The molecule has 138 valence electrons. The van der Waals surface area contributed by atoms with Gasteiger partial charge in [-0.3, -0.25) is 0 Å². The average molecular weight is 397 g/mol. The molecule has 26 heavy (non-hydrogen) atoms. The standard InChI is InChI=1S/C19H18F3NOS2/c1-11-9-15(7-8-16(11)24)25-10-17-12(2)23-18(26-17)13-3-5-14(6-4-13)19(20,21)22/h3-9,18,23-24H,10H2,1-2H3. The molecule has 0 saturated carbocycles. The van der Waals surface area contributed by atoms with Crippen molar-refractivity contribution >= 4 is 23.5 Å². The molecule has 1 atom stereocenters. The van der Waals surface area contributed by atoms with Gasteiger partial charge in [-0.05, 0) is 55.3 Å². The van der Waals surface area contributed by atoms with Gasteiger partial charge in [0.15, 0.2) is 0 Å². The van der Waals surface area contributed by atoms with E-state index in [0.29, 0.717) is 0 Å². The molecular formula is C19H18F3NOS2. The Morgan fingerprint density at radius 3 is 2.42 bits per heavy atom. The van der Waals surface area contributed by atoms with Gasteiger partial charge in [0.25, 0.3) is 0 Å². The van der Waals surface area contributed by atoms with Crippen LogP contribution in [0.3, 0.4) is 0 Å². The minimum atomic E-state index is -4.31. The smallest absolute Gasteiger partial charge is 0.416 e. The zero-order chi connectivity index (χ0) is 18.9. The zero-order valence-electron chi connectivity index (χ0n) is 14.2. The molecule has 1 unspecified atom stereocenters. The Morgan fingerprint density at radius 1 is 1.12 bits per heavy atom. The number of benzene rings is 2. The lowest BCUT2D eigenvalue weighted by atomic mass is 10.1. The summed E-state index contributed by atoms with van der Waals surface area (Å²) < 4.78 is 38.1. The number of halogens is 3. The van der Waals surface area contributed by atoms with Crippen LogP contribution in [0.5, 0.6) is 5.75 Å². The van der Waals surface area contributed by atoms with E-state index in [2.05, 4.69) is 5.32 Å². The second-order valence-electron chi connectivity index (χ2n) is 6.05. The van der Waals surface area contributed by atoms with Crippen LogP contribution in [0.15, 0.2) is 58.0 Å². The van der Waals surface area contributed by atoms with Gasteiger partial charge in [-0.2, -0.15) is 13.2 Å². The molecule has 0 amide bonds. The highest BCUT2D eigenvalue weighted by atomic mass is 32.2. The van der Waals surface area contributed by atoms with E-state index in [-0.39, 0.29) is 11.1 Å². The highest BCUT2D eigenvalue weighted by Gasteiger charge is 2.31. The molecule has 0 radical (unpaired) electrons. The number of aryl methyl sites for hydroxylation is 1. The predicted octanol–water partition coefficient (Wildman–Crippen LogP) is 6.08. The number of rotatable bonds is 4. The van der Waals surface area contributed by atoms with Crippen LogP contribution < -0.4 is 5.32 Å². The summed E-state index contributed by atoms with van der Waals surface area (Å²) in [5.41, 5.74) is 2.07. The lowest BCUT2D eigenvalue weighted by Gasteiger charge is -2.13. The van der Waals surface area contributed by atoms with Gasteiger partial charge in [-0.25, -0.2) is 0 Å². The fraction of sp³-hybridized carbons (Fsp3) is 0.263. The van der Waals surface area contributed by atoms with Gasteiger partial charge in [0.2, 0.25) is 0 Å². The van der Waals surface area contributed by atoms with Crippen molar-refractivity contribution in [2.45, 2.75) is 30.3 Å². The Hall–Kier alpha value is -1.73. The number of hydrogen-bond donors (Lipinski definition) is 2. The molecule has 2 aromatic carbocycles. The van der Waals surface area contributed by atoms with E-state index >= 15 is 0 Å². The number of nitrogens with one attached hydrogen (secondary N) is 1. The lowest BCUT2D eigenvalue weighted by Crippen LogP contribution is -2.12. The summed E-state index contributed by atoms with van der Waals surface area (Å²) in [6.07, 6.45) is -4.31. The summed E-state index contributed by atoms with van der Waals surface area (Å²) in [5, 5.41) is 12.9. The summed E-state index contributed by atoms with van der Waals surface area (Å²) in [4.78, 5) is 2.24. The third kappa shape index (κ3) is 4.32. The molecular weight excluding hydrogens is 379 g/mol. The van der Waals surface area contributed by atoms with Crippen LogP contribution in [0.1, 0.15) is 29.0 Å². The molecule has 0 aliphatic carbocycles. The largest absolute Gasteiger partial charge is 0.508 e. The molecule has 7 heteroatoms. The summed E-state index contributed by atoms with van der Waals surface area (Å²) in [6.45, 7) is 3.84. The fourth-order valence-electron chi connectivity index (χ4n) is 2.54. The molecule has 3 rings (SSSR count). The number of phenols is 1. The maximum atomic E-state index is 12.7. The maximum absolute atomic E-state index is 12.7. The van der Waals surface area contributed by atoms with Crippen LogP contribution >= 0.6 is 23.5 Å².